The summed E-state index contributed by atoms with van der Waals surface area (Å²) in [5, 5.41) is 11.3. The molecule has 1 aromatic rings. The van der Waals surface area contributed by atoms with Crippen molar-refractivity contribution >= 4 is 11.9 Å². The summed E-state index contributed by atoms with van der Waals surface area (Å²) in [6.45, 7) is 0. The first-order chi connectivity index (χ1) is 8.79. The first-order valence-electron chi connectivity index (χ1n) is 6.55. The van der Waals surface area contributed by atoms with Crippen molar-refractivity contribution in [2.24, 2.45) is 10.9 Å². The van der Waals surface area contributed by atoms with Gasteiger partial charge in [-0.1, -0.05) is 54.8 Å². The van der Waals surface area contributed by atoms with Gasteiger partial charge in [0.15, 0.2) is 5.84 Å². The lowest BCUT2D eigenvalue weighted by Gasteiger charge is -2.21. The van der Waals surface area contributed by atoms with Gasteiger partial charge in [-0.15, -0.1) is 0 Å². The molecule has 1 aliphatic carbocycles. The van der Waals surface area contributed by atoms with E-state index in [-0.39, 0.29) is 5.84 Å². The van der Waals surface area contributed by atoms with Crippen molar-refractivity contribution in [3.05, 3.63) is 41.5 Å². The van der Waals surface area contributed by atoms with Crippen molar-refractivity contribution in [1.82, 2.24) is 0 Å². The van der Waals surface area contributed by atoms with Gasteiger partial charge in [0, 0.05) is 0 Å². The maximum absolute atomic E-state index is 8.44. The molecule has 1 aromatic carbocycles. The van der Waals surface area contributed by atoms with Crippen molar-refractivity contribution in [3.63, 3.8) is 0 Å². The van der Waals surface area contributed by atoms with Crippen LogP contribution in [0.15, 0.2) is 35.5 Å². The predicted molar refractivity (Wildman–Crippen MR) is 74.7 cm³/mol. The molecule has 0 spiro atoms. The number of benzene rings is 1. The fourth-order valence-corrected chi connectivity index (χ4v) is 2.53. The van der Waals surface area contributed by atoms with Crippen molar-refractivity contribution < 1.29 is 5.21 Å². The third-order valence-electron chi connectivity index (χ3n) is 3.58. The van der Waals surface area contributed by atoms with E-state index in [4.69, 9.17) is 10.9 Å². The summed E-state index contributed by atoms with van der Waals surface area (Å²) >= 11 is 0. The van der Waals surface area contributed by atoms with Gasteiger partial charge in [0.25, 0.3) is 0 Å². The lowest BCUT2D eigenvalue weighted by molar-refractivity contribution is 0.319. The Morgan fingerprint density at radius 3 is 2.44 bits per heavy atom. The highest BCUT2D eigenvalue weighted by Gasteiger charge is 2.14. The minimum Gasteiger partial charge on any atom is -0.409 e. The number of hydrogen-bond acceptors (Lipinski definition) is 2. The molecule has 0 radical (unpaired) electrons. The molecule has 0 bridgehead atoms. The fourth-order valence-electron chi connectivity index (χ4n) is 2.53. The summed E-state index contributed by atoms with van der Waals surface area (Å²) in [7, 11) is 0. The van der Waals surface area contributed by atoms with Gasteiger partial charge in [-0.3, -0.25) is 0 Å². The van der Waals surface area contributed by atoms with Crippen molar-refractivity contribution in [2.45, 2.75) is 38.0 Å². The van der Waals surface area contributed by atoms with Gasteiger partial charge in [-0.2, -0.15) is 0 Å². The Kier molecular flexibility index (Phi) is 4.40. The highest BCUT2D eigenvalue weighted by molar-refractivity contribution is 5.94. The minimum atomic E-state index is 0.117. The summed E-state index contributed by atoms with van der Waals surface area (Å²) in [5.41, 5.74) is 7.89. The van der Waals surface area contributed by atoms with Crippen LogP contribution in [-0.2, 0) is 0 Å². The number of rotatable bonds is 3. The zero-order chi connectivity index (χ0) is 12.8. The van der Waals surface area contributed by atoms with E-state index in [1.807, 2.05) is 6.08 Å². The third-order valence-corrected chi connectivity index (χ3v) is 3.58. The number of amidine groups is 1. The first-order valence-corrected chi connectivity index (χ1v) is 6.55. The van der Waals surface area contributed by atoms with Crippen LogP contribution < -0.4 is 5.73 Å². The van der Waals surface area contributed by atoms with Crippen LogP contribution in [0, 0.1) is 0 Å². The van der Waals surface area contributed by atoms with E-state index in [2.05, 4.69) is 29.4 Å². The summed E-state index contributed by atoms with van der Waals surface area (Å²) in [6, 6.07) is 8.57. The summed E-state index contributed by atoms with van der Waals surface area (Å²) in [5.74, 6) is 0.854. The number of oxime groups is 1. The Labute approximate surface area is 108 Å². The molecule has 0 aromatic heterocycles. The molecule has 3 nitrogen and oxygen atoms in total. The Morgan fingerprint density at radius 1 is 1.17 bits per heavy atom. The molecule has 1 fully saturated rings. The molecule has 0 unspecified atom stereocenters. The molecule has 18 heavy (non-hydrogen) atoms. The number of nitrogens with zero attached hydrogens (tertiary/aromatic N) is 1. The zero-order valence-electron chi connectivity index (χ0n) is 10.5. The molecule has 0 saturated heterocycles. The standard InChI is InChI=1S/C15H20N2O/c16-15(17-18)11-8-12-6-9-14(10-7-12)13-4-2-1-3-5-13/h6-11,13,18H,1-5H2,(H2,16,17). The fraction of sp³-hybridized carbons (Fsp3) is 0.400. The topological polar surface area (TPSA) is 58.6 Å². The highest BCUT2D eigenvalue weighted by atomic mass is 16.4. The molecule has 3 heteroatoms. The minimum absolute atomic E-state index is 0.117. The monoisotopic (exact) mass is 244 g/mol. The smallest absolute Gasteiger partial charge is 0.162 e. The van der Waals surface area contributed by atoms with Gasteiger partial charge >= 0.3 is 0 Å². The van der Waals surface area contributed by atoms with Gasteiger partial charge in [0.05, 0.1) is 0 Å². The van der Waals surface area contributed by atoms with Crippen LogP contribution in [0.4, 0.5) is 0 Å². The Balaban J connectivity index is 2.03. The third kappa shape index (κ3) is 3.36. The highest BCUT2D eigenvalue weighted by Crippen LogP contribution is 2.32. The summed E-state index contributed by atoms with van der Waals surface area (Å²) in [4.78, 5) is 0. The largest absolute Gasteiger partial charge is 0.409 e. The molecule has 0 heterocycles. The maximum atomic E-state index is 8.44. The van der Waals surface area contributed by atoms with Gasteiger partial charge in [0.1, 0.15) is 0 Å². The maximum Gasteiger partial charge on any atom is 0.162 e. The van der Waals surface area contributed by atoms with E-state index in [0.717, 1.165) is 11.5 Å². The first kappa shape index (κ1) is 12.7. The SMILES string of the molecule is NC(C=Cc1ccc(C2CCCCC2)cc1)=NO. The van der Waals surface area contributed by atoms with Gasteiger partial charge in [-0.25, -0.2) is 0 Å². The molecule has 0 amide bonds. The van der Waals surface area contributed by atoms with E-state index in [1.165, 1.54) is 37.7 Å². The van der Waals surface area contributed by atoms with Crippen LogP contribution in [0.2, 0.25) is 0 Å². The van der Waals surface area contributed by atoms with Gasteiger partial charge in [0.2, 0.25) is 0 Å². The van der Waals surface area contributed by atoms with Crippen LogP contribution in [-0.4, -0.2) is 11.0 Å². The zero-order valence-corrected chi connectivity index (χ0v) is 10.5. The Bertz CT molecular complexity index is 428. The van der Waals surface area contributed by atoms with Gasteiger partial charge in [-0.05, 0) is 36.0 Å². The van der Waals surface area contributed by atoms with Crippen molar-refractivity contribution in [2.75, 3.05) is 0 Å². The molecule has 96 valence electrons. The lowest BCUT2D eigenvalue weighted by Crippen LogP contribution is -2.06. The normalized spacial score (nSPS) is 18.3. The predicted octanol–water partition coefficient (Wildman–Crippen LogP) is 3.49. The van der Waals surface area contributed by atoms with Crippen LogP contribution in [0.1, 0.15) is 49.1 Å². The van der Waals surface area contributed by atoms with E-state index < -0.39 is 0 Å². The number of hydrogen-bond donors (Lipinski definition) is 2. The van der Waals surface area contributed by atoms with Crippen LogP contribution in [0.3, 0.4) is 0 Å². The van der Waals surface area contributed by atoms with Crippen molar-refractivity contribution in [3.8, 4) is 0 Å². The molecular formula is C15H20N2O. The van der Waals surface area contributed by atoms with Crippen molar-refractivity contribution in [1.29, 1.82) is 0 Å². The van der Waals surface area contributed by atoms with Gasteiger partial charge < -0.3 is 10.9 Å². The quantitative estimate of drug-likeness (QED) is 0.370. The van der Waals surface area contributed by atoms with E-state index in [1.54, 1.807) is 6.08 Å². The second-order valence-corrected chi connectivity index (χ2v) is 4.86. The van der Waals surface area contributed by atoms with E-state index >= 15 is 0 Å². The summed E-state index contributed by atoms with van der Waals surface area (Å²) in [6.07, 6.45) is 10.2. The van der Waals surface area contributed by atoms with Crippen LogP contribution in [0.5, 0.6) is 0 Å². The average molecular weight is 244 g/mol. The molecule has 0 aliphatic heterocycles. The average Bonchev–Trinajstić information content (AvgIpc) is 2.46. The van der Waals surface area contributed by atoms with Crippen LogP contribution >= 0.6 is 0 Å². The molecule has 1 saturated carbocycles. The summed E-state index contributed by atoms with van der Waals surface area (Å²) < 4.78 is 0. The molecule has 2 rings (SSSR count). The Morgan fingerprint density at radius 2 is 1.83 bits per heavy atom. The Hall–Kier alpha value is -1.77. The lowest BCUT2D eigenvalue weighted by atomic mass is 9.84. The van der Waals surface area contributed by atoms with Crippen LogP contribution in [0.25, 0.3) is 6.08 Å². The second-order valence-electron chi connectivity index (χ2n) is 4.86. The molecule has 0 atom stereocenters. The molecular weight excluding hydrogens is 224 g/mol. The molecule has 1 aliphatic rings. The second kappa shape index (κ2) is 6.24. The van der Waals surface area contributed by atoms with E-state index in [9.17, 15) is 0 Å². The molecule has 3 N–H and O–H groups in total. The number of nitrogens with two attached hydrogens (primary N) is 1. The van der Waals surface area contributed by atoms with E-state index in [0.29, 0.717) is 0 Å².